The number of benzene rings is 1. The van der Waals surface area contributed by atoms with Gasteiger partial charge < -0.3 is 10.1 Å². The van der Waals surface area contributed by atoms with E-state index in [1.807, 2.05) is 6.07 Å². The van der Waals surface area contributed by atoms with Crippen LogP contribution in [0.3, 0.4) is 0 Å². The highest BCUT2D eigenvalue weighted by Gasteiger charge is 2.16. The Balaban J connectivity index is 2.63. The largest absolute Gasteiger partial charge is 0.372 e. The molecule has 1 aromatic rings. The Hall–Kier alpha value is -0.860. The topological polar surface area (TPSA) is 21.3 Å². The molecule has 0 aliphatic rings. The highest BCUT2D eigenvalue weighted by molar-refractivity contribution is 5.18. The van der Waals surface area contributed by atoms with Crippen LogP contribution in [0.2, 0.25) is 0 Å². The molecule has 0 spiro atoms. The fourth-order valence-corrected chi connectivity index (χ4v) is 1.65. The van der Waals surface area contributed by atoms with Crippen molar-refractivity contribution < 1.29 is 4.74 Å². The Morgan fingerprint density at radius 2 is 1.72 bits per heavy atom. The lowest BCUT2D eigenvalue weighted by molar-refractivity contribution is 0.0315. The summed E-state index contributed by atoms with van der Waals surface area (Å²) in [6, 6.07) is 10.4. The second-order valence-electron chi connectivity index (χ2n) is 6.26. The SMILES string of the molecule is CC(C)COC(CNC(C)(C)C)c1ccccc1. The van der Waals surface area contributed by atoms with Crippen molar-refractivity contribution in [3.8, 4) is 0 Å². The minimum Gasteiger partial charge on any atom is -0.372 e. The molecule has 18 heavy (non-hydrogen) atoms. The summed E-state index contributed by atoms with van der Waals surface area (Å²) in [5.41, 5.74) is 1.36. The van der Waals surface area contributed by atoms with Gasteiger partial charge in [0.2, 0.25) is 0 Å². The molecule has 0 aliphatic heterocycles. The second-order valence-corrected chi connectivity index (χ2v) is 6.26. The molecule has 0 saturated heterocycles. The molecule has 1 unspecified atom stereocenters. The van der Waals surface area contributed by atoms with E-state index in [9.17, 15) is 0 Å². The highest BCUT2D eigenvalue weighted by atomic mass is 16.5. The van der Waals surface area contributed by atoms with Gasteiger partial charge in [0.15, 0.2) is 0 Å². The Morgan fingerprint density at radius 1 is 1.11 bits per heavy atom. The van der Waals surface area contributed by atoms with Gasteiger partial charge in [0.05, 0.1) is 6.10 Å². The van der Waals surface area contributed by atoms with E-state index in [4.69, 9.17) is 4.74 Å². The smallest absolute Gasteiger partial charge is 0.0949 e. The lowest BCUT2D eigenvalue weighted by Crippen LogP contribution is -2.39. The summed E-state index contributed by atoms with van der Waals surface area (Å²) in [7, 11) is 0. The second kappa shape index (κ2) is 6.91. The van der Waals surface area contributed by atoms with E-state index < -0.39 is 0 Å². The first-order valence-corrected chi connectivity index (χ1v) is 6.80. The van der Waals surface area contributed by atoms with Gasteiger partial charge in [-0.05, 0) is 32.3 Å². The molecule has 1 rings (SSSR count). The first-order chi connectivity index (χ1) is 8.38. The number of hydrogen-bond donors (Lipinski definition) is 1. The molecule has 0 fully saturated rings. The van der Waals surface area contributed by atoms with E-state index >= 15 is 0 Å². The van der Waals surface area contributed by atoms with Crippen molar-refractivity contribution in [1.29, 1.82) is 0 Å². The Bertz CT molecular complexity index is 327. The summed E-state index contributed by atoms with van der Waals surface area (Å²) >= 11 is 0. The maximum atomic E-state index is 6.02. The van der Waals surface area contributed by atoms with E-state index in [0.717, 1.165) is 13.2 Å². The van der Waals surface area contributed by atoms with Gasteiger partial charge in [-0.2, -0.15) is 0 Å². The first-order valence-electron chi connectivity index (χ1n) is 6.80. The van der Waals surface area contributed by atoms with Crippen molar-refractivity contribution in [3.63, 3.8) is 0 Å². The normalized spacial score (nSPS) is 13.9. The standard InChI is InChI=1S/C16H27NO/c1-13(2)12-18-15(11-17-16(3,4)5)14-9-7-6-8-10-14/h6-10,13,15,17H,11-12H2,1-5H3. The lowest BCUT2D eigenvalue weighted by atomic mass is 10.1. The zero-order chi connectivity index (χ0) is 13.6. The van der Waals surface area contributed by atoms with Crippen molar-refractivity contribution in [2.24, 2.45) is 5.92 Å². The van der Waals surface area contributed by atoms with Gasteiger partial charge in [0, 0.05) is 18.7 Å². The molecule has 0 heterocycles. The average Bonchev–Trinajstić information content (AvgIpc) is 2.28. The van der Waals surface area contributed by atoms with Crippen LogP contribution in [0.4, 0.5) is 0 Å². The first kappa shape index (κ1) is 15.2. The van der Waals surface area contributed by atoms with Crippen LogP contribution in [0.5, 0.6) is 0 Å². The molecule has 0 aromatic heterocycles. The molecule has 1 aromatic carbocycles. The fourth-order valence-electron chi connectivity index (χ4n) is 1.65. The van der Waals surface area contributed by atoms with Crippen LogP contribution >= 0.6 is 0 Å². The molecule has 2 nitrogen and oxygen atoms in total. The molecule has 0 amide bonds. The van der Waals surface area contributed by atoms with Crippen LogP contribution in [0.1, 0.15) is 46.3 Å². The van der Waals surface area contributed by atoms with Gasteiger partial charge >= 0.3 is 0 Å². The molecule has 0 aliphatic carbocycles. The van der Waals surface area contributed by atoms with Crippen molar-refractivity contribution in [2.75, 3.05) is 13.2 Å². The minimum atomic E-state index is 0.119. The maximum Gasteiger partial charge on any atom is 0.0949 e. The van der Waals surface area contributed by atoms with Gasteiger partial charge in [0.25, 0.3) is 0 Å². The molecule has 0 bridgehead atoms. The lowest BCUT2D eigenvalue weighted by Gasteiger charge is -2.26. The van der Waals surface area contributed by atoms with E-state index in [2.05, 4.69) is 64.2 Å². The van der Waals surface area contributed by atoms with Crippen LogP contribution in [-0.2, 0) is 4.74 Å². The summed E-state index contributed by atoms with van der Waals surface area (Å²) in [6.45, 7) is 12.5. The van der Waals surface area contributed by atoms with Crippen LogP contribution < -0.4 is 5.32 Å². The summed E-state index contributed by atoms with van der Waals surface area (Å²) in [5, 5.41) is 3.52. The number of hydrogen-bond acceptors (Lipinski definition) is 2. The van der Waals surface area contributed by atoms with Crippen LogP contribution in [-0.4, -0.2) is 18.7 Å². The van der Waals surface area contributed by atoms with Gasteiger partial charge in [-0.25, -0.2) is 0 Å². The molecular formula is C16H27NO. The van der Waals surface area contributed by atoms with Gasteiger partial charge in [-0.3, -0.25) is 0 Å². The summed E-state index contributed by atoms with van der Waals surface area (Å²) < 4.78 is 6.02. The predicted molar refractivity (Wildman–Crippen MR) is 77.7 cm³/mol. The Labute approximate surface area is 112 Å². The quantitative estimate of drug-likeness (QED) is 0.828. The van der Waals surface area contributed by atoms with Crippen molar-refractivity contribution >= 4 is 0 Å². The molecule has 0 saturated carbocycles. The highest BCUT2D eigenvalue weighted by Crippen LogP contribution is 2.18. The fraction of sp³-hybridized carbons (Fsp3) is 0.625. The Morgan fingerprint density at radius 3 is 2.22 bits per heavy atom. The predicted octanol–water partition coefficient (Wildman–Crippen LogP) is 3.79. The van der Waals surface area contributed by atoms with E-state index in [0.29, 0.717) is 5.92 Å². The summed E-state index contributed by atoms with van der Waals surface area (Å²) in [5.74, 6) is 0.561. The third kappa shape index (κ3) is 6.18. The van der Waals surface area contributed by atoms with Crippen molar-refractivity contribution in [3.05, 3.63) is 35.9 Å². The van der Waals surface area contributed by atoms with Crippen molar-refractivity contribution in [1.82, 2.24) is 5.32 Å². The van der Waals surface area contributed by atoms with E-state index in [-0.39, 0.29) is 11.6 Å². The van der Waals surface area contributed by atoms with Crippen molar-refractivity contribution in [2.45, 2.75) is 46.3 Å². The minimum absolute atomic E-state index is 0.119. The Kier molecular flexibility index (Phi) is 5.83. The van der Waals surface area contributed by atoms with Gasteiger partial charge in [0.1, 0.15) is 0 Å². The molecule has 102 valence electrons. The number of ether oxygens (including phenoxy) is 1. The third-order valence-corrected chi connectivity index (χ3v) is 2.62. The zero-order valence-electron chi connectivity index (χ0n) is 12.4. The molecular weight excluding hydrogens is 222 g/mol. The van der Waals surface area contributed by atoms with Gasteiger partial charge in [-0.1, -0.05) is 44.2 Å². The van der Waals surface area contributed by atoms with Crippen LogP contribution in [0.15, 0.2) is 30.3 Å². The van der Waals surface area contributed by atoms with E-state index in [1.165, 1.54) is 5.56 Å². The molecule has 2 heteroatoms. The third-order valence-electron chi connectivity index (χ3n) is 2.62. The molecule has 0 radical (unpaired) electrons. The summed E-state index contributed by atoms with van der Waals surface area (Å²) in [6.07, 6.45) is 0.132. The molecule has 1 atom stereocenters. The average molecular weight is 249 g/mol. The summed E-state index contributed by atoms with van der Waals surface area (Å²) in [4.78, 5) is 0. The number of rotatable bonds is 6. The number of nitrogens with one attached hydrogen (secondary N) is 1. The molecule has 1 N–H and O–H groups in total. The maximum absolute atomic E-state index is 6.02. The van der Waals surface area contributed by atoms with E-state index in [1.54, 1.807) is 0 Å². The van der Waals surface area contributed by atoms with Gasteiger partial charge in [-0.15, -0.1) is 0 Å². The van der Waals surface area contributed by atoms with Crippen LogP contribution in [0, 0.1) is 5.92 Å². The van der Waals surface area contributed by atoms with Crippen LogP contribution in [0.25, 0.3) is 0 Å². The zero-order valence-corrected chi connectivity index (χ0v) is 12.4. The monoisotopic (exact) mass is 249 g/mol.